The van der Waals surface area contributed by atoms with Crippen molar-refractivity contribution in [1.29, 1.82) is 0 Å². The predicted molar refractivity (Wildman–Crippen MR) is 75.6 cm³/mol. The van der Waals surface area contributed by atoms with E-state index < -0.39 is 0 Å². The second-order valence-electron chi connectivity index (χ2n) is 5.91. The third-order valence-electron chi connectivity index (χ3n) is 3.59. The summed E-state index contributed by atoms with van der Waals surface area (Å²) >= 11 is 0. The predicted octanol–water partition coefficient (Wildman–Crippen LogP) is 1.22. The van der Waals surface area contributed by atoms with Crippen molar-refractivity contribution in [1.82, 2.24) is 15.5 Å². The number of amides is 1. The van der Waals surface area contributed by atoms with Gasteiger partial charge in [0.25, 0.3) is 0 Å². The molecule has 0 heterocycles. The quantitative estimate of drug-likeness (QED) is 0.651. The highest BCUT2D eigenvalue weighted by molar-refractivity contribution is 5.77. The standard InChI is InChI=1S/C14H29N3O/c1-11(2)7-8-16-14(18)10-15-9-12(3)17(4)13-5-6-13/h11-13,15H,5-10H2,1-4H3,(H,16,18). The summed E-state index contributed by atoms with van der Waals surface area (Å²) in [6.45, 7) is 8.64. The van der Waals surface area contributed by atoms with Crippen LogP contribution in [0, 0.1) is 5.92 Å². The Hall–Kier alpha value is -0.610. The number of carbonyl (C=O) groups excluding carboxylic acids is 1. The van der Waals surface area contributed by atoms with Gasteiger partial charge in [-0.1, -0.05) is 13.8 Å². The Morgan fingerprint density at radius 2 is 2.00 bits per heavy atom. The van der Waals surface area contributed by atoms with Crippen LogP contribution >= 0.6 is 0 Å². The molecule has 0 aliphatic heterocycles. The summed E-state index contributed by atoms with van der Waals surface area (Å²) in [5.74, 6) is 0.752. The summed E-state index contributed by atoms with van der Waals surface area (Å²) in [4.78, 5) is 13.9. The van der Waals surface area contributed by atoms with E-state index in [1.807, 2.05) is 0 Å². The molecule has 1 rings (SSSR count). The van der Waals surface area contributed by atoms with Gasteiger partial charge in [-0.05, 0) is 39.2 Å². The number of carbonyl (C=O) groups is 1. The van der Waals surface area contributed by atoms with E-state index in [0.717, 1.165) is 25.6 Å². The molecule has 2 N–H and O–H groups in total. The number of hydrogen-bond donors (Lipinski definition) is 2. The summed E-state index contributed by atoms with van der Waals surface area (Å²) in [5.41, 5.74) is 0. The molecule has 1 aliphatic rings. The molecule has 0 spiro atoms. The summed E-state index contributed by atoms with van der Waals surface area (Å²) in [5, 5.41) is 6.17. The van der Waals surface area contributed by atoms with Gasteiger partial charge in [-0.15, -0.1) is 0 Å². The smallest absolute Gasteiger partial charge is 0.233 e. The molecule has 0 bridgehead atoms. The van der Waals surface area contributed by atoms with E-state index >= 15 is 0 Å². The molecule has 1 atom stereocenters. The lowest BCUT2D eigenvalue weighted by atomic mass is 10.1. The molecule has 18 heavy (non-hydrogen) atoms. The van der Waals surface area contributed by atoms with Crippen LogP contribution in [0.2, 0.25) is 0 Å². The van der Waals surface area contributed by atoms with Crippen molar-refractivity contribution in [3.63, 3.8) is 0 Å². The van der Waals surface area contributed by atoms with Crippen molar-refractivity contribution in [3.05, 3.63) is 0 Å². The molecule has 1 unspecified atom stereocenters. The van der Waals surface area contributed by atoms with Gasteiger partial charge in [-0.25, -0.2) is 0 Å². The number of likely N-dealkylation sites (N-methyl/N-ethyl adjacent to an activating group) is 1. The van der Waals surface area contributed by atoms with Gasteiger partial charge in [0.1, 0.15) is 0 Å². The topological polar surface area (TPSA) is 44.4 Å². The van der Waals surface area contributed by atoms with Crippen LogP contribution in [0.25, 0.3) is 0 Å². The highest BCUT2D eigenvalue weighted by Gasteiger charge is 2.28. The largest absolute Gasteiger partial charge is 0.355 e. The summed E-state index contributed by atoms with van der Waals surface area (Å²) in [7, 11) is 2.17. The first kappa shape index (κ1) is 15.4. The fourth-order valence-electron chi connectivity index (χ4n) is 1.94. The van der Waals surface area contributed by atoms with Gasteiger partial charge >= 0.3 is 0 Å². The van der Waals surface area contributed by atoms with Crippen molar-refractivity contribution in [2.24, 2.45) is 5.92 Å². The van der Waals surface area contributed by atoms with Crippen molar-refractivity contribution in [2.45, 2.75) is 52.1 Å². The van der Waals surface area contributed by atoms with Crippen LogP contribution in [0.4, 0.5) is 0 Å². The molecule has 0 aromatic carbocycles. The number of nitrogens with zero attached hydrogens (tertiary/aromatic N) is 1. The Kier molecular flexibility index (Phi) is 6.65. The van der Waals surface area contributed by atoms with E-state index in [1.54, 1.807) is 0 Å². The van der Waals surface area contributed by atoms with Crippen LogP contribution in [0.1, 0.15) is 40.0 Å². The van der Waals surface area contributed by atoms with E-state index in [2.05, 4.69) is 43.4 Å². The van der Waals surface area contributed by atoms with Gasteiger partial charge in [-0.2, -0.15) is 0 Å². The van der Waals surface area contributed by atoms with E-state index in [9.17, 15) is 4.79 Å². The SMILES string of the molecule is CC(C)CCNC(=O)CNCC(C)N(C)C1CC1. The van der Waals surface area contributed by atoms with E-state index in [1.165, 1.54) is 12.8 Å². The maximum atomic E-state index is 11.5. The third-order valence-corrected chi connectivity index (χ3v) is 3.59. The Labute approximate surface area is 111 Å². The van der Waals surface area contributed by atoms with Gasteiger partial charge in [-0.3, -0.25) is 9.69 Å². The monoisotopic (exact) mass is 255 g/mol. The van der Waals surface area contributed by atoms with Gasteiger partial charge < -0.3 is 10.6 Å². The van der Waals surface area contributed by atoms with Gasteiger partial charge in [0, 0.05) is 25.2 Å². The second-order valence-corrected chi connectivity index (χ2v) is 5.91. The first-order valence-electron chi connectivity index (χ1n) is 7.20. The second kappa shape index (κ2) is 7.74. The molecule has 0 aromatic rings. The van der Waals surface area contributed by atoms with Crippen LogP contribution in [0.15, 0.2) is 0 Å². The zero-order chi connectivity index (χ0) is 13.5. The number of nitrogens with one attached hydrogen (secondary N) is 2. The first-order chi connectivity index (χ1) is 8.50. The van der Waals surface area contributed by atoms with Crippen molar-refractivity contribution >= 4 is 5.91 Å². The lowest BCUT2D eigenvalue weighted by Crippen LogP contribution is -2.42. The average molecular weight is 255 g/mol. The van der Waals surface area contributed by atoms with Crippen LogP contribution in [-0.4, -0.2) is 49.6 Å². The first-order valence-corrected chi connectivity index (χ1v) is 7.20. The molecule has 4 nitrogen and oxygen atoms in total. The summed E-state index contributed by atoms with van der Waals surface area (Å²) in [6.07, 6.45) is 3.71. The summed E-state index contributed by atoms with van der Waals surface area (Å²) < 4.78 is 0. The maximum Gasteiger partial charge on any atom is 0.233 e. The Morgan fingerprint density at radius 1 is 1.33 bits per heavy atom. The normalized spacial score (nSPS) is 17.2. The molecule has 106 valence electrons. The van der Waals surface area contributed by atoms with E-state index in [4.69, 9.17) is 0 Å². The fraction of sp³-hybridized carbons (Fsp3) is 0.929. The third kappa shape index (κ3) is 6.36. The molecule has 0 radical (unpaired) electrons. The summed E-state index contributed by atoms with van der Waals surface area (Å²) in [6, 6.07) is 1.28. The minimum Gasteiger partial charge on any atom is -0.355 e. The molecule has 4 heteroatoms. The van der Waals surface area contributed by atoms with Gasteiger partial charge in [0.2, 0.25) is 5.91 Å². The van der Waals surface area contributed by atoms with Gasteiger partial charge in [0.15, 0.2) is 0 Å². The van der Waals surface area contributed by atoms with Crippen molar-refractivity contribution < 1.29 is 4.79 Å². The number of hydrogen-bond acceptors (Lipinski definition) is 3. The van der Waals surface area contributed by atoms with E-state index in [-0.39, 0.29) is 5.91 Å². The van der Waals surface area contributed by atoms with E-state index in [0.29, 0.717) is 18.5 Å². The average Bonchev–Trinajstić information content (AvgIpc) is 3.11. The van der Waals surface area contributed by atoms with Crippen LogP contribution < -0.4 is 10.6 Å². The van der Waals surface area contributed by atoms with Crippen LogP contribution in [-0.2, 0) is 4.79 Å². The molecular weight excluding hydrogens is 226 g/mol. The fourth-order valence-corrected chi connectivity index (χ4v) is 1.94. The molecule has 0 aromatic heterocycles. The zero-order valence-electron chi connectivity index (χ0n) is 12.3. The Balaban J connectivity index is 2.00. The van der Waals surface area contributed by atoms with Crippen LogP contribution in [0.5, 0.6) is 0 Å². The zero-order valence-corrected chi connectivity index (χ0v) is 12.3. The van der Waals surface area contributed by atoms with Gasteiger partial charge in [0.05, 0.1) is 6.54 Å². The number of rotatable bonds is 9. The molecule has 1 amide bonds. The molecule has 1 fully saturated rings. The minimum atomic E-state index is 0.108. The lowest BCUT2D eigenvalue weighted by Gasteiger charge is -2.24. The van der Waals surface area contributed by atoms with Crippen molar-refractivity contribution in [3.8, 4) is 0 Å². The van der Waals surface area contributed by atoms with Crippen LogP contribution in [0.3, 0.4) is 0 Å². The minimum absolute atomic E-state index is 0.108. The lowest BCUT2D eigenvalue weighted by molar-refractivity contribution is -0.120. The van der Waals surface area contributed by atoms with Crippen molar-refractivity contribution in [2.75, 3.05) is 26.7 Å². The molecule has 0 saturated heterocycles. The molecule has 1 saturated carbocycles. The Morgan fingerprint density at radius 3 is 2.56 bits per heavy atom. The maximum absolute atomic E-state index is 11.5. The highest BCUT2D eigenvalue weighted by atomic mass is 16.1. The molecule has 1 aliphatic carbocycles. The molecular formula is C14H29N3O. The highest BCUT2D eigenvalue weighted by Crippen LogP contribution is 2.26. The Bertz CT molecular complexity index is 251.